The molecule has 1 unspecified atom stereocenters. The number of thiazole rings is 1. The van der Waals surface area contributed by atoms with Gasteiger partial charge in [0.1, 0.15) is 0 Å². The first-order valence-electron chi connectivity index (χ1n) is 7.27. The molecule has 4 heteroatoms. The van der Waals surface area contributed by atoms with Gasteiger partial charge in [0.05, 0.1) is 21.8 Å². The van der Waals surface area contributed by atoms with Crippen LogP contribution < -0.4 is 10.2 Å². The van der Waals surface area contributed by atoms with Crippen LogP contribution >= 0.6 is 11.3 Å². The first-order chi connectivity index (χ1) is 10.4. The van der Waals surface area contributed by atoms with E-state index in [2.05, 4.69) is 63.7 Å². The van der Waals surface area contributed by atoms with Gasteiger partial charge in [-0.2, -0.15) is 0 Å². The second-order valence-corrected chi connectivity index (χ2v) is 6.21. The number of benzene rings is 2. The second-order valence-electron chi connectivity index (χ2n) is 5.33. The molecular weight excluding hydrogens is 278 g/mol. The Hall–Kier alpha value is -1.91. The van der Waals surface area contributed by atoms with Crippen LogP contribution in [0.4, 0.5) is 5.69 Å². The summed E-state index contributed by atoms with van der Waals surface area (Å²) in [6.07, 6.45) is 0. The Morgan fingerprint density at radius 1 is 1.14 bits per heavy atom. The summed E-state index contributed by atoms with van der Waals surface area (Å²) in [5.74, 6) is 0. The third-order valence-electron chi connectivity index (χ3n) is 4.07. The predicted molar refractivity (Wildman–Crippen MR) is 89.0 cm³/mol. The molecule has 2 heterocycles. The highest BCUT2D eigenvalue weighted by molar-refractivity contribution is 7.16. The Morgan fingerprint density at radius 3 is 2.95 bits per heavy atom. The molecule has 0 spiro atoms. The maximum atomic E-state index is 4.37. The number of nitrogens with zero attached hydrogens (tertiary/aromatic N) is 2. The smallest absolute Gasteiger partial charge is 0.0813 e. The monoisotopic (exact) mass is 295 g/mol. The molecule has 3 nitrogen and oxygen atoms in total. The number of hydrogen-bond donors (Lipinski definition) is 1. The summed E-state index contributed by atoms with van der Waals surface area (Å²) in [6, 6.07) is 17.7. The molecule has 2 aromatic carbocycles. The topological polar surface area (TPSA) is 28.2 Å². The molecule has 1 N–H and O–H groups in total. The molecule has 1 saturated heterocycles. The summed E-state index contributed by atoms with van der Waals surface area (Å²) < 4.78 is 1.26. The summed E-state index contributed by atoms with van der Waals surface area (Å²) >= 11 is 1.71. The van der Waals surface area contributed by atoms with Crippen LogP contribution in [-0.4, -0.2) is 24.6 Å². The van der Waals surface area contributed by atoms with Crippen molar-refractivity contribution in [2.45, 2.75) is 6.04 Å². The maximum Gasteiger partial charge on any atom is 0.0813 e. The SMILES string of the molecule is c1ccc(C2CNCCN2c2ccc3ncsc3c2)cc1. The second kappa shape index (κ2) is 5.47. The fourth-order valence-corrected chi connectivity index (χ4v) is 3.72. The van der Waals surface area contributed by atoms with Gasteiger partial charge in [0.15, 0.2) is 0 Å². The summed E-state index contributed by atoms with van der Waals surface area (Å²) in [5, 5.41) is 3.51. The summed E-state index contributed by atoms with van der Waals surface area (Å²) in [5.41, 5.74) is 5.67. The fourth-order valence-electron chi connectivity index (χ4n) is 3.01. The lowest BCUT2D eigenvalue weighted by Crippen LogP contribution is -2.46. The average molecular weight is 295 g/mol. The van der Waals surface area contributed by atoms with Gasteiger partial charge in [-0.05, 0) is 23.8 Å². The Balaban J connectivity index is 1.73. The van der Waals surface area contributed by atoms with E-state index in [0.29, 0.717) is 6.04 Å². The van der Waals surface area contributed by atoms with E-state index in [4.69, 9.17) is 0 Å². The quantitative estimate of drug-likeness (QED) is 0.785. The van der Waals surface area contributed by atoms with Gasteiger partial charge in [0.2, 0.25) is 0 Å². The summed E-state index contributed by atoms with van der Waals surface area (Å²) in [4.78, 5) is 6.87. The summed E-state index contributed by atoms with van der Waals surface area (Å²) in [6.45, 7) is 3.05. The van der Waals surface area contributed by atoms with Crippen molar-refractivity contribution in [3.05, 3.63) is 59.6 Å². The number of nitrogens with one attached hydrogen (secondary N) is 1. The maximum absolute atomic E-state index is 4.37. The number of piperazine rings is 1. The zero-order valence-corrected chi connectivity index (χ0v) is 12.5. The van der Waals surface area contributed by atoms with Crippen molar-refractivity contribution in [3.63, 3.8) is 0 Å². The Labute approximate surface area is 128 Å². The molecule has 106 valence electrons. The Kier molecular flexibility index (Phi) is 3.33. The van der Waals surface area contributed by atoms with Gasteiger partial charge in [-0.15, -0.1) is 11.3 Å². The molecule has 21 heavy (non-hydrogen) atoms. The van der Waals surface area contributed by atoms with Gasteiger partial charge >= 0.3 is 0 Å². The molecule has 3 aromatic rings. The molecule has 0 amide bonds. The molecule has 1 aromatic heterocycles. The van der Waals surface area contributed by atoms with Crippen molar-refractivity contribution in [1.82, 2.24) is 10.3 Å². The van der Waals surface area contributed by atoms with E-state index in [9.17, 15) is 0 Å². The van der Waals surface area contributed by atoms with E-state index < -0.39 is 0 Å². The normalized spacial score (nSPS) is 19.0. The molecular formula is C17H17N3S. The van der Waals surface area contributed by atoms with Gasteiger partial charge in [0.25, 0.3) is 0 Å². The van der Waals surface area contributed by atoms with E-state index in [1.54, 1.807) is 11.3 Å². The Morgan fingerprint density at radius 2 is 2.05 bits per heavy atom. The first kappa shape index (κ1) is 12.8. The van der Waals surface area contributed by atoms with Gasteiger partial charge in [-0.25, -0.2) is 4.98 Å². The van der Waals surface area contributed by atoms with E-state index in [1.807, 2.05) is 5.51 Å². The fraction of sp³-hybridized carbons (Fsp3) is 0.235. The molecule has 0 bridgehead atoms. The zero-order valence-electron chi connectivity index (χ0n) is 11.7. The van der Waals surface area contributed by atoms with Gasteiger partial charge in [-0.1, -0.05) is 30.3 Å². The molecule has 4 rings (SSSR count). The molecule has 1 aliphatic heterocycles. The van der Waals surface area contributed by atoms with Crippen molar-refractivity contribution < 1.29 is 0 Å². The van der Waals surface area contributed by atoms with Crippen molar-refractivity contribution in [3.8, 4) is 0 Å². The van der Waals surface area contributed by atoms with Crippen molar-refractivity contribution in [1.29, 1.82) is 0 Å². The number of hydrogen-bond acceptors (Lipinski definition) is 4. The third kappa shape index (κ3) is 2.41. The van der Waals surface area contributed by atoms with E-state index in [-0.39, 0.29) is 0 Å². The van der Waals surface area contributed by atoms with E-state index in [1.165, 1.54) is 16.0 Å². The van der Waals surface area contributed by atoms with Gasteiger partial charge in [0, 0.05) is 25.3 Å². The van der Waals surface area contributed by atoms with Crippen LogP contribution in [0.25, 0.3) is 10.2 Å². The standard InChI is InChI=1S/C17H17N3S/c1-2-4-13(5-3-1)16-11-18-8-9-20(16)14-6-7-15-17(10-14)21-12-19-15/h1-7,10,12,16,18H,8-9,11H2. The predicted octanol–water partition coefficient (Wildman–Crippen LogP) is 3.45. The molecule has 0 saturated carbocycles. The molecule has 1 fully saturated rings. The molecule has 0 radical (unpaired) electrons. The van der Waals surface area contributed by atoms with Gasteiger partial charge in [-0.3, -0.25) is 0 Å². The zero-order chi connectivity index (χ0) is 14.1. The minimum absolute atomic E-state index is 0.394. The average Bonchev–Trinajstić information content (AvgIpc) is 3.03. The molecule has 0 aliphatic carbocycles. The highest BCUT2D eigenvalue weighted by Gasteiger charge is 2.24. The van der Waals surface area contributed by atoms with Crippen LogP contribution in [0.2, 0.25) is 0 Å². The van der Waals surface area contributed by atoms with Crippen molar-refractivity contribution in [2.24, 2.45) is 0 Å². The lowest BCUT2D eigenvalue weighted by atomic mass is 10.0. The lowest BCUT2D eigenvalue weighted by Gasteiger charge is -2.38. The first-order valence-corrected chi connectivity index (χ1v) is 8.15. The van der Waals surface area contributed by atoms with Crippen LogP contribution in [0.15, 0.2) is 54.0 Å². The van der Waals surface area contributed by atoms with Crippen molar-refractivity contribution >= 4 is 27.2 Å². The van der Waals surface area contributed by atoms with Crippen molar-refractivity contribution in [2.75, 3.05) is 24.5 Å². The van der Waals surface area contributed by atoms with Crippen LogP contribution in [0.3, 0.4) is 0 Å². The highest BCUT2D eigenvalue weighted by atomic mass is 32.1. The van der Waals surface area contributed by atoms with Crippen LogP contribution in [0.5, 0.6) is 0 Å². The number of rotatable bonds is 2. The lowest BCUT2D eigenvalue weighted by molar-refractivity contribution is 0.490. The van der Waals surface area contributed by atoms with Crippen LogP contribution in [0, 0.1) is 0 Å². The third-order valence-corrected chi connectivity index (χ3v) is 4.87. The number of aromatic nitrogens is 1. The highest BCUT2D eigenvalue weighted by Crippen LogP contribution is 2.31. The number of fused-ring (bicyclic) bond motifs is 1. The minimum Gasteiger partial charge on any atom is -0.362 e. The summed E-state index contributed by atoms with van der Waals surface area (Å²) in [7, 11) is 0. The van der Waals surface area contributed by atoms with Crippen LogP contribution in [-0.2, 0) is 0 Å². The van der Waals surface area contributed by atoms with E-state index in [0.717, 1.165) is 25.2 Å². The number of anilines is 1. The Bertz CT molecular complexity index is 738. The minimum atomic E-state index is 0.394. The largest absolute Gasteiger partial charge is 0.362 e. The molecule has 1 atom stereocenters. The van der Waals surface area contributed by atoms with Gasteiger partial charge < -0.3 is 10.2 Å². The van der Waals surface area contributed by atoms with Crippen LogP contribution in [0.1, 0.15) is 11.6 Å². The van der Waals surface area contributed by atoms with E-state index >= 15 is 0 Å². The molecule has 1 aliphatic rings.